The predicted molar refractivity (Wildman–Crippen MR) is 110 cm³/mol. The fourth-order valence-corrected chi connectivity index (χ4v) is 4.63. The van der Waals surface area contributed by atoms with Crippen LogP contribution in [0.25, 0.3) is 0 Å². The van der Waals surface area contributed by atoms with Crippen molar-refractivity contribution in [1.29, 1.82) is 0 Å². The Morgan fingerprint density at radius 2 is 1.75 bits per heavy atom. The van der Waals surface area contributed by atoms with Crippen molar-refractivity contribution in [2.24, 2.45) is 0 Å². The van der Waals surface area contributed by atoms with Crippen molar-refractivity contribution in [2.45, 2.75) is 42.4 Å². The maximum atomic E-state index is 12.7. The van der Waals surface area contributed by atoms with Gasteiger partial charge in [-0.25, -0.2) is 8.42 Å². The van der Waals surface area contributed by atoms with E-state index in [1.165, 1.54) is 24.1 Å². The second-order valence-corrected chi connectivity index (χ2v) is 9.57. The van der Waals surface area contributed by atoms with Gasteiger partial charge >= 0.3 is 0 Å². The molecule has 5 nitrogen and oxygen atoms in total. The van der Waals surface area contributed by atoms with Crippen molar-refractivity contribution in [3.05, 3.63) is 59.7 Å². The van der Waals surface area contributed by atoms with Crippen molar-refractivity contribution in [3.8, 4) is 5.75 Å². The minimum Gasteiger partial charge on any atom is -0.497 e. The summed E-state index contributed by atoms with van der Waals surface area (Å²) in [4.78, 5) is 12.9. The molecule has 0 atom stereocenters. The fourth-order valence-electron chi connectivity index (χ4n) is 3.96. The summed E-state index contributed by atoms with van der Waals surface area (Å²) in [5.74, 6) is 0.570. The van der Waals surface area contributed by atoms with Crippen molar-refractivity contribution in [1.82, 2.24) is 5.32 Å². The predicted octanol–water partition coefficient (Wildman–Crippen LogP) is 3.73. The Hall–Kier alpha value is -2.34. The molecule has 1 N–H and O–H groups in total. The molecule has 0 aromatic heterocycles. The Bertz CT molecular complexity index is 929. The molecule has 2 aromatic carbocycles. The summed E-state index contributed by atoms with van der Waals surface area (Å²) < 4.78 is 28.8. The van der Waals surface area contributed by atoms with E-state index in [1.807, 2.05) is 12.1 Å². The summed E-state index contributed by atoms with van der Waals surface area (Å²) in [5, 5.41) is 3.05. The Kier molecular flexibility index (Phi) is 6.08. The average molecular weight is 402 g/mol. The SMILES string of the molecule is COc1ccc(C2(CNC(=O)c3cccc(S(C)(=O)=O)c3)CCCCC2)cc1. The lowest BCUT2D eigenvalue weighted by atomic mass is 9.69. The Morgan fingerprint density at radius 1 is 1.07 bits per heavy atom. The van der Waals surface area contributed by atoms with Crippen LogP contribution in [-0.4, -0.2) is 34.2 Å². The van der Waals surface area contributed by atoms with Crippen LogP contribution in [0.15, 0.2) is 53.4 Å². The van der Waals surface area contributed by atoms with Crippen molar-refractivity contribution in [2.75, 3.05) is 19.9 Å². The fraction of sp³-hybridized carbons (Fsp3) is 0.409. The van der Waals surface area contributed by atoms with Crippen LogP contribution in [0.5, 0.6) is 5.75 Å². The zero-order valence-electron chi connectivity index (χ0n) is 16.4. The zero-order valence-corrected chi connectivity index (χ0v) is 17.2. The maximum absolute atomic E-state index is 12.7. The third-order valence-electron chi connectivity index (χ3n) is 5.62. The first-order valence-electron chi connectivity index (χ1n) is 9.57. The lowest BCUT2D eigenvalue weighted by Crippen LogP contribution is -2.42. The van der Waals surface area contributed by atoms with Gasteiger partial charge in [-0.1, -0.05) is 37.5 Å². The van der Waals surface area contributed by atoms with Gasteiger partial charge in [-0.2, -0.15) is 0 Å². The van der Waals surface area contributed by atoms with Crippen LogP contribution >= 0.6 is 0 Å². The van der Waals surface area contributed by atoms with Gasteiger partial charge in [0.2, 0.25) is 0 Å². The van der Waals surface area contributed by atoms with Gasteiger partial charge in [0.15, 0.2) is 9.84 Å². The first-order valence-corrected chi connectivity index (χ1v) is 11.5. The highest BCUT2D eigenvalue weighted by molar-refractivity contribution is 7.90. The number of benzene rings is 2. The number of carbonyl (C=O) groups is 1. The number of hydrogen-bond donors (Lipinski definition) is 1. The number of nitrogens with one attached hydrogen (secondary N) is 1. The van der Waals surface area contributed by atoms with Gasteiger partial charge in [0.25, 0.3) is 5.91 Å². The second-order valence-electron chi connectivity index (χ2n) is 7.55. The van der Waals surface area contributed by atoms with Gasteiger partial charge in [0, 0.05) is 23.8 Å². The Balaban J connectivity index is 1.79. The molecule has 0 saturated heterocycles. The molecule has 0 unspecified atom stereocenters. The number of methoxy groups -OCH3 is 1. The van der Waals surface area contributed by atoms with Crippen LogP contribution in [-0.2, 0) is 15.3 Å². The lowest BCUT2D eigenvalue weighted by molar-refractivity contribution is 0.0936. The molecule has 2 aromatic rings. The minimum absolute atomic E-state index is 0.103. The lowest BCUT2D eigenvalue weighted by Gasteiger charge is -2.38. The number of ether oxygens (including phenoxy) is 1. The molecule has 1 saturated carbocycles. The summed E-state index contributed by atoms with van der Waals surface area (Å²) in [5.41, 5.74) is 1.47. The van der Waals surface area contributed by atoms with E-state index < -0.39 is 9.84 Å². The summed E-state index contributed by atoms with van der Waals surface area (Å²) in [7, 11) is -1.70. The standard InChI is InChI=1S/C22H27NO4S/c1-27-19-11-9-18(10-12-19)22(13-4-3-5-14-22)16-23-21(24)17-7-6-8-20(15-17)28(2,25)26/h6-12,15H,3-5,13-14,16H2,1-2H3,(H,23,24). The van der Waals surface area contributed by atoms with Crippen LogP contribution in [0.4, 0.5) is 0 Å². The highest BCUT2D eigenvalue weighted by Gasteiger charge is 2.34. The Morgan fingerprint density at radius 3 is 2.36 bits per heavy atom. The highest BCUT2D eigenvalue weighted by atomic mass is 32.2. The van der Waals surface area contributed by atoms with E-state index in [0.29, 0.717) is 12.1 Å². The quantitative estimate of drug-likeness (QED) is 0.800. The van der Waals surface area contributed by atoms with Gasteiger partial charge in [-0.3, -0.25) is 4.79 Å². The smallest absolute Gasteiger partial charge is 0.251 e. The van der Waals surface area contributed by atoms with Gasteiger partial charge in [-0.15, -0.1) is 0 Å². The molecular weight excluding hydrogens is 374 g/mol. The van der Waals surface area contributed by atoms with Crippen LogP contribution in [0.3, 0.4) is 0 Å². The zero-order chi connectivity index (χ0) is 20.2. The highest BCUT2D eigenvalue weighted by Crippen LogP contribution is 2.39. The summed E-state index contributed by atoms with van der Waals surface area (Å²) >= 11 is 0. The molecule has 1 fully saturated rings. The number of carbonyl (C=O) groups excluding carboxylic acids is 1. The van der Waals surface area contributed by atoms with Crippen LogP contribution in [0.1, 0.15) is 48.0 Å². The van der Waals surface area contributed by atoms with Crippen LogP contribution in [0.2, 0.25) is 0 Å². The van der Waals surface area contributed by atoms with E-state index in [-0.39, 0.29) is 16.2 Å². The van der Waals surface area contributed by atoms with Gasteiger partial charge in [0.1, 0.15) is 5.75 Å². The first kappa shape index (κ1) is 20.4. The van der Waals surface area contributed by atoms with Gasteiger partial charge < -0.3 is 10.1 Å². The normalized spacial score (nSPS) is 16.4. The average Bonchev–Trinajstić information content (AvgIpc) is 2.72. The number of amides is 1. The van der Waals surface area contributed by atoms with E-state index in [4.69, 9.17) is 4.74 Å². The molecular formula is C22H27NO4S. The molecule has 1 amide bonds. The molecule has 0 aliphatic heterocycles. The molecule has 0 bridgehead atoms. The molecule has 1 aliphatic rings. The Labute approximate surface area is 167 Å². The van der Waals surface area contributed by atoms with Gasteiger partial charge in [-0.05, 0) is 48.7 Å². The molecule has 150 valence electrons. The van der Waals surface area contributed by atoms with E-state index >= 15 is 0 Å². The summed E-state index contributed by atoms with van der Waals surface area (Å²) in [6, 6.07) is 14.3. The van der Waals surface area contributed by atoms with E-state index in [1.54, 1.807) is 19.2 Å². The van der Waals surface area contributed by atoms with Crippen LogP contribution in [0, 0.1) is 0 Å². The summed E-state index contributed by atoms with van der Waals surface area (Å²) in [6.45, 7) is 0.529. The van der Waals surface area contributed by atoms with E-state index in [2.05, 4.69) is 17.4 Å². The van der Waals surface area contributed by atoms with Crippen molar-refractivity contribution < 1.29 is 17.9 Å². The van der Waals surface area contributed by atoms with E-state index in [9.17, 15) is 13.2 Å². The second kappa shape index (κ2) is 8.35. The first-order chi connectivity index (χ1) is 13.3. The van der Waals surface area contributed by atoms with Crippen molar-refractivity contribution in [3.63, 3.8) is 0 Å². The maximum Gasteiger partial charge on any atom is 0.251 e. The molecule has 3 rings (SSSR count). The monoisotopic (exact) mass is 401 g/mol. The van der Waals surface area contributed by atoms with Crippen molar-refractivity contribution >= 4 is 15.7 Å². The minimum atomic E-state index is -3.35. The van der Waals surface area contributed by atoms with Gasteiger partial charge in [0.05, 0.1) is 12.0 Å². The van der Waals surface area contributed by atoms with E-state index in [0.717, 1.165) is 37.7 Å². The molecule has 0 heterocycles. The third-order valence-corrected chi connectivity index (χ3v) is 6.74. The molecule has 1 aliphatic carbocycles. The molecule has 0 radical (unpaired) electrons. The summed E-state index contributed by atoms with van der Waals surface area (Å²) in [6.07, 6.45) is 6.65. The molecule has 28 heavy (non-hydrogen) atoms. The molecule has 0 spiro atoms. The number of sulfone groups is 1. The molecule has 6 heteroatoms. The third kappa shape index (κ3) is 4.55. The largest absolute Gasteiger partial charge is 0.497 e. The van der Waals surface area contributed by atoms with Crippen LogP contribution < -0.4 is 10.1 Å². The topological polar surface area (TPSA) is 72.5 Å². The number of hydrogen-bond acceptors (Lipinski definition) is 4. The number of rotatable bonds is 6.